The van der Waals surface area contributed by atoms with Crippen LogP contribution < -0.4 is 0 Å². The molecule has 0 heterocycles. The third kappa shape index (κ3) is 3.10. The summed E-state index contributed by atoms with van der Waals surface area (Å²) in [5.41, 5.74) is 3.08. The average molecular weight is 425 g/mol. The van der Waals surface area contributed by atoms with Crippen LogP contribution in [0.2, 0.25) is 0 Å². The number of carbonyl (C=O) groups is 1. The molecule has 0 aliphatic heterocycles. The van der Waals surface area contributed by atoms with Crippen LogP contribution in [0.5, 0.6) is 0 Å². The summed E-state index contributed by atoms with van der Waals surface area (Å²) in [4.78, 5) is 12.8. The van der Waals surface area contributed by atoms with Gasteiger partial charge in [-0.15, -0.1) is 0 Å². The van der Waals surface area contributed by atoms with E-state index in [0.29, 0.717) is 17.6 Å². The van der Waals surface area contributed by atoms with Crippen LogP contribution in [0, 0.1) is 45.8 Å². The molecule has 0 bridgehead atoms. The predicted molar refractivity (Wildman–Crippen MR) is 126 cm³/mol. The standard InChI is InChI=1S/C29H44O2/c1-18(2)7-6-8-19(3)21-10-11-22-20-9-12-24-27(4,14-13-25(31)29(24)15-16-29)26(20)23(30)17-28(21,22)5/h7,12,19-23,26,30H,6,8-11,13-17H2,1-5H3/t19-,20+,21-,22+,23+,26-,27+,28-/m1/s1. The second-order valence-electron chi connectivity index (χ2n) is 12.9. The van der Waals surface area contributed by atoms with Crippen LogP contribution in [0.1, 0.15) is 98.8 Å². The molecule has 2 nitrogen and oxygen atoms in total. The van der Waals surface area contributed by atoms with Crippen molar-refractivity contribution in [1.29, 1.82) is 0 Å². The monoisotopic (exact) mass is 424 g/mol. The number of hydrogen-bond donors (Lipinski definition) is 1. The number of carbonyl (C=O) groups excluding carboxylic acids is 1. The maximum absolute atomic E-state index is 12.8. The molecule has 5 rings (SSSR count). The molecule has 0 aromatic carbocycles. The Morgan fingerprint density at radius 2 is 1.97 bits per heavy atom. The summed E-state index contributed by atoms with van der Waals surface area (Å²) in [5, 5.41) is 11.7. The normalized spacial score (nSPS) is 45.9. The van der Waals surface area contributed by atoms with Crippen molar-refractivity contribution in [1.82, 2.24) is 0 Å². The number of allylic oxidation sites excluding steroid dienone is 4. The van der Waals surface area contributed by atoms with E-state index in [0.717, 1.165) is 56.3 Å². The molecule has 5 aliphatic carbocycles. The molecule has 5 aliphatic rings. The molecule has 0 aromatic heterocycles. The number of aliphatic hydroxyl groups excluding tert-OH is 1. The summed E-state index contributed by atoms with van der Waals surface area (Å²) >= 11 is 0. The third-order valence-corrected chi connectivity index (χ3v) is 11.0. The molecule has 0 saturated heterocycles. The highest BCUT2D eigenvalue weighted by atomic mass is 16.3. The van der Waals surface area contributed by atoms with Gasteiger partial charge in [0.2, 0.25) is 0 Å². The maximum atomic E-state index is 12.8. The Morgan fingerprint density at radius 1 is 1.23 bits per heavy atom. The quantitative estimate of drug-likeness (QED) is 0.500. The summed E-state index contributed by atoms with van der Waals surface area (Å²) < 4.78 is 0. The molecule has 31 heavy (non-hydrogen) atoms. The van der Waals surface area contributed by atoms with Crippen molar-refractivity contribution in [3.63, 3.8) is 0 Å². The SMILES string of the molecule is CC(C)=CCC[C@@H](C)[C@H]1CC[C@H]2[C@@H]3CC=C4C5(CC5)C(=O)CC[C@]4(C)[C@H]3[C@@H](O)C[C@]12C. The second-order valence-corrected chi connectivity index (χ2v) is 12.9. The molecule has 0 amide bonds. The van der Waals surface area contributed by atoms with Crippen LogP contribution in [-0.4, -0.2) is 17.0 Å². The summed E-state index contributed by atoms with van der Waals surface area (Å²) in [5.74, 6) is 3.65. The molecule has 0 aromatic rings. The zero-order valence-electron chi connectivity index (χ0n) is 20.5. The van der Waals surface area contributed by atoms with Gasteiger partial charge in [0.15, 0.2) is 0 Å². The fourth-order valence-electron chi connectivity index (χ4n) is 9.54. The van der Waals surface area contributed by atoms with E-state index in [1.165, 1.54) is 36.8 Å². The van der Waals surface area contributed by atoms with Gasteiger partial charge in [-0.3, -0.25) is 4.79 Å². The van der Waals surface area contributed by atoms with E-state index in [2.05, 4.69) is 46.8 Å². The molecule has 172 valence electrons. The summed E-state index contributed by atoms with van der Waals surface area (Å²) in [6, 6.07) is 0. The minimum atomic E-state index is -0.213. The lowest BCUT2D eigenvalue weighted by atomic mass is 9.44. The lowest BCUT2D eigenvalue weighted by molar-refractivity contribution is -0.141. The largest absolute Gasteiger partial charge is 0.393 e. The maximum Gasteiger partial charge on any atom is 0.143 e. The zero-order valence-corrected chi connectivity index (χ0v) is 20.5. The number of rotatable bonds is 4. The molecule has 4 saturated carbocycles. The summed E-state index contributed by atoms with van der Waals surface area (Å²) in [6.07, 6.45) is 15.7. The summed E-state index contributed by atoms with van der Waals surface area (Å²) in [7, 11) is 0. The van der Waals surface area contributed by atoms with E-state index >= 15 is 0 Å². The van der Waals surface area contributed by atoms with Gasteiger partial charge in [0.05, 0.1) is 11.5 Å². The average Bonchev–Trinajstić information content (AvgIpc) is 3.40. The number of Topliss-reactive ketones (excluding diaryl/α,β-unsaturated/α-hetero) is 1. The van der Waals surface area contributed by atoms with E-state index in [-0.39, 0.29) is 22.3 Å². The van der Waals surface area contributed by atoms with Gasteiger partial charge in [0.1, 0.15) is 5.78 Å². The van der Waals surface area contributed by atoms with Crippen molar-refractivity contribution < 1.29 is 9.90 Å². The van der Waals surface area contributed by atoms with Crippen LogP contribution in [0.15, 0.2) is 23.3 Å². The zero-order chi connectivity index (χ0) is 22.2. The minimum Gasteiger partial charge on any atom is -0.393 e. The highest BCUT2D eigenvalue weighted by Crippen LogP contribution is 2.72. The van der Waals surface area contributed by atoms with Gasteiger partial charge in [-0.2, -0.15) is 0 Å². The molecule has 1 spiro atoms. The molecule has 0 radical (unpaired) electrons. The Balaban J connectivity index is 1.42. The van der Waals surface area contributed by atoms with Gasteiger partial charge < -0.3 is 5.11 Å². The Bertz CT molecular complexity index is 813. The molecular formula is C29H44O2. The predicted octanol–water partition coefficient (Wildman–Crippen LogP) is 6.88. The Kier molecular flexibility index (Phi) is 5.17. The van der Waals surface area contributed by atoms with E-state index in [4.69, 9.17) is 0 Å². The van der Waals surface area contributed by atoms with Crippen molar-refractivity contribution in [2.45, 2.75) is 105 Å². The minimum absolute atomic E-state index is 0.0429. The van der Waals surface area contributed by atoms with E-state index in [1.54, 1.807) is 0 Å². The fraction of sp³-hybridized carbons (Fsp3) is 0.828. The molecule has 1 N–H and O–H groups in total. The van der Waals surface area contributed by atoms with Crippen molar-refractivity contribution in [3.8, 4) is 0 Å². The van der Waals surface area contributed by atoms with Crippen LogP contribution in [0.3, 0.4) is 0 Å². The Hall–Kier alpha value is -0.890. The first-order valence-electron chi connectivity index (χ1n) is 13.2. The molecule has 0 unspecified atom stereocenters. The first-order valence-corrected chi connectivity index (χ1v) is 13.2. The Labute approximate surface area is 190 Å². The lowest BCUT2D eigenvalue weighted by Crippen LogP contribution is -2.57. The van der Waals surface area contributed by atoms with Crippen LogP contribution in [-0.2, 0) is 4.79 Å². The van der Waals surface area contributed by atoms with Crippen molar-refractivity contribution >= 4 is 5.78 Å². The van der Waals surface area contributed by atoms with E-state index in [9.17, 15) is 9.90 Å². The van der Waals surface area contributed by atoms with Crippen LogP contribution >= 0.6 is 0 Å². The highest BCUT2D eigenvalue weighted by Gasteiger charge is 2.67. The van der Waals surface area contributed by atoms with Gasteiger partial charge in [0.25, 0.3) is 0 Å². The van der Waals surface area contributed by atoms with Crippen molar-refractivity contribution in [3.05, 3.63) is 23.3 Å². The third-order valence-electron chi connectivity index (χ3n) is 11.0. The first-order chi connectivity index (χ1) is 14.6. The lowest BCUT2D eigenvalue weighted by Gasteiger charge is -2.60. The topological polar surface area (TPSA) is 37.3 Å². The van der Waals surface area contributed by atoms with Gasteiger partial charge in [0, 0.05) is 6.42 Å². The van der Waals surface area contributed by atoms with Crippen LogP contribution in [0.4, 0.5) is 0 Å². The van der Waals surface area contributed by atoms with Gasteiger partial charge in [-0.05, 0) is 112 Å². The smallest absolute Gasteiger partial charge is 0.143 e. The van der Waals surface area contributed by atoms with Gasteiger partial charge >= 0.3 is 0 Å². The number of hydrogen-bond acceptors (Lipinski definition) is 2. The summed E-state index contributed by atoms with van der Waals surface area (Å²) in [6.45, 7) is 11.8. The Morgan fingerprint density at radius 3 is 2.65 bits per heavy atom. The molecule has 8 atom stereocenters. The van der Waals surface area contributed by atoms with E-state index < -0.39 is 0 Å². The number of ketones is 1. The van der Waals surface area contributed by atoms with Crippen LogP contribution in [0.25, 0.3) is 0 Å². The van der Waals surface area contributed by atoms with Gasteiger partial charge in [-0.1, -0.05) is 44.1 Å². The number of fused-ring (bicyclic) bond motifs is 6. The molecule has 2 heteroatoms. The highest BCUT2D eigenvalue weighted by molar-refractivity contribution is 5.92. The van der Waals surface area contributed by atoms with E-state index in [1.807, 2.05) is 0 Å². The number of aliphatic hydroxyl groups is 1. The first kappa shape index (κ1) is 21.9. The molecule has 4 fully saturated rings. The van der Waals surface area contributed by atoms with Crippen molar-refractivity contribution in [2.24, 2.45) is 45.8 Å². The van der Waals surface area contributed by atoms with Gasteiger partial charge in [-0.25, -0.2) is 0 Å². The van der Waals surface area contributed by atoms with Crippen molar-refractivity contribution in [2.75, 3.05) is 0 Å². The fourth-order valence-corrected chi connectivity index (χ4v) is 9.54. The second kappa shape index (κ2) is 7.31. The molecular weight excluding hydrogens is 380 g/mol.